The number of carbonyl (C=O) groups excluding carboxylic acids is 3. The number of ether oxygens (including phenoxy) is 2. The Morgan fingerprint density at radius 3 is 2.23 bits per heavy atom. The molecular weight excluding hydrogens is 338 g/mol. The van der Waals surface area contributed by atoms with Crippen LogP contribution in [0.3, 0.4) is 0 Å². The Labute approximate surface area is 153 Å². The highest BCUT2D eigenvalue weighted by Gasteiger charge is 2.27. The molecule has 3 amide bonds. The molecule has 1 saturated heterocycles. The molecule has 1 N–H and O–H groups in total. The molecule has 0 radical (unpaired) electrons. The van der Waals surface area contributed by atoms with E-state index in [2.05, 4.69) is 5.32 Å². The molecule has 1 aliphatic heterocycles. The number of rotatable bonds is 2. The van der Waals surface area contributed by atoms with Crippen molar-refractivity contribution in [2.75, 3.05) is 31.5 Å². The molecule has 0 bridgehead atoms. The van der Waals surface area contributed by atoms with Crippen LogP contribution in [0, 0.1) is 0 Å². The van der Waals surface area contributed by atoms with Gasteiger partial charge >= 0.3 is 18.1 Å². The minimum atomic E-state index is -0.543. The van der Waals surface area contributed by atoms with Crippen LogP contribution < -0.4 is 10.1 Å². The number of benzene rings is 1. The average Bonchev–Trinajstić information content (AvgIpc) is 2.53. The molecule has 8 heteroatoms. The zero-order valence-corrected chi connectivity index (χ0v) is 15.6. The molecule has 26 heavy (non-hydrogen) atoms. The van der Waals surface area contributed by atoms with Gasteiger partial charge in [-0.15, -0.1) is 0 Å². The highest BCUT2D eigenvalue weighted by molar-refractivity contribution is 5.89. The fraction of sp³-hybridized carbons (Fsp3) is 0.500. The van der Waals surface area contributed by atoms with Crippen molar-refractivity contribution in [3.8, 4) is 5.75 Å². The number of nitrogens with one attached hydrogen (secondary N) is 1. The van der Waals surface area contributed by atoms with Gasteiger partial charge in [0.15, 0.2) is 0 Å². The molecule has 0 aromatic heterocycles. The number of amides is 3. The van der Waals surface area contributed by atoms with Crippen LogP contribution in [-0.4, -0.2) is 59.7 Å². The van der Waals surface area contributed by atoms with Crippen molar-refractivity contribution in [1.82, 2.24) is 9.80 Å². The van der Waals surface area contributed by atoms with Crippen LogP contribution in [0.15, 0.2) is 24.3 Å². The van der Waals surface area contributed by atoms with Crippen molar-refractivity contribution in [3.05, 3.63) is 24.3 Å². The van der Waals surface area contributed by atoms with E-state index in [1.54, 1.807) is 34.1 Å². The first-order chi connectivity index (χ1) is 12.1. The molecule has 1 heterocycles. The first-order valence-electron chi connectivity index (χ1n) is 8.46. The molecule has 0 spiro atoms. The molecule has 8 nitrogen and oxygen atoms in total. The van der Waals surface area contributed by atoms with Crippen LogP contribution in [0.4, 0.5) is 15.3 Å². The predicted molar refractivity (Wildman–Crippen MR) is 96.1 cm³/mol. The molecule has 1 aliphatic rings. The average molecular weight is 363 g/mol. The van der Waals surface area contributed by atoms with Gasteiger partial charge in [0.2, 0.25) is 0 Å². The van der Waals surface area contributed by atoms with Crippen molar-refractivity contribution in [2.24, 2.45) is 0 Å². The summed E-state index contributed by atoms with van der Waals surface area (Å²) < 4.78 is 10.3. The molecular formula is C18H25N3O5. The van der Waals surface area contributed by atoms with Gasteiger partial charge in [0, 0.05) is 44.9 Å². The van der Waals surface area contributed by atoms with Crippen LogP contribution in [0.25, 0.3) is 0 Å². The lowest BCUT2D eigenvalue weighted by Crippen LogP contribution is -2.52. The van der Waals surface area contributed by atoms with Crippen molar-refractivity contribution in [2.45, 2.75) is 33.3 Å². The van der Waals surface area contributed by atoms with E-state index < -0.39 is 11.6 Å². The van der Waals surface area contributed by atoms with Crippen LogP contribution in [0.5, 0.6) is 5.75 Å². The van der Waals surface area contributed by atoms with E-state index in [1.807, 2.05) is 20.8 Å². The predicted octanol–water partition coefficient (Wildman–Crippen LogP) is 2.70. The summed E-state index contributed by atoms with van der Waals surface area (Å²) in [6, 6.07) is 6.34. The number of anilines is 1. The van der Waals surface area contributed by atoms with E-state index in [1.165, 1.54) is 6.92 Å². The number of nitrogens with zero attached hydrogens (tertiary/aromatic N) is 2. The van der Waals surface area contributed by atoms with E-state index in [4.69, 9.17) is 9.47 Å². The van der Waals surface area contributed by atoms with E-state index in [0.29, 0.717) is 37.6 Å². The molecule has 1 aromatic carbocycles. The Morgan fingerprint density at radius 2 is 1.65 bits per heavy atom. The summed E-state index contributed by atoms with van der Waals surface area (Å²) in [7, 11) is 0. The molecule has 0 unspecified atom stereocenters. The van der Waals surface area contributed by atoms with Gasteiger partial charge in [0.1, 0.15) is 11.4 Å². The maximum atomic E-state index is 12.4. The van der Waals surface area contributed by atoms with Crippen LogP contribution in [0.1, 0.15) is 27.7 Å². The summed E-state index contributed by atoms with van der Waals surface area (Å²) in [5.74, 6) is -0.0585. The lowest BCUT2D eigenvalue weighted by Gasteiger charge is -2.35. The summed E-state index contributed by atoms with van der Waals surface area (Å²) in [6.07, 6.45) is -0.369. The molecule has 1 aromatic rings. The third-order valence-corrected chi connectivity index (χ3v) is 3.57. The smallest absolute Gasteiger partial charge is 0.410 e. The van der Waals surface area contributed by atoms with Crippen molar-refractivity contribution < 1.29 is 23.9 Å². The number of hydrogen-bond acceptors (Lipinski definition) is 5. The monoisotopic (exact) mass is 363 g/mol. The Morgan fingerprint density at radius 1 is 1.04 bits per heavy atom. The summed E-state index contributed by atoms with van der Waals surface area (Å²) in [5, 5.41) is 2.77. The lowest BCUT2D eigenvalue weighted by molar-refractivity contribution is -0.131. The van der Waals surface area contributed by atoms with Gasteiger partial charge in [-0.25, -0.2) is 9.59 Å². The quantitative estimate of drug-likeness (QED) is 0.645. The number of esters is 1. The van der Waals surface area contributed by atoms with Gasteiger partial charge < -0.3 is 24.6 Å². The largest absolute Gasteiger partial charge is 0.444 e. The normalized spacial score (nSPS) is 14.6. The third kappa shape index (κ3) is 5.94. The third-order valence-electron chi connectivity index (χ3n) is 3.57. The summed E-state index contributed by atoms with van der Waals surface area (Å²) >= 11 is 0. The minimum absolute atomic E-state index is 0.270. The second-order valence-corrected chi connectivity index (χ2v) is 7.01. The van der Waals surface area contributed by atoms with Crippen molar-refractivity contribution in [3.63, 3.8) is 0 Å². The van der Waals surface area contributed by atoms with E-state index in [0.717, 1.165) is 0 Å². The molecule has 2 rings (SSSR count). The number of piperazine rings is 1. The number of hydrogen-bond donors (Lipinski definition) is 1. The van der Waals surface area contributed by atoms with E-state index >= 15 is 0 Å². The maximum Gasteiger partial charge on any atom is 0.410 e. The Kier molecular flexibility index (Phi) is 6.07. The molecule has 142 valence electrons. The molecule has 1 fully saturated rings. The Balaban J connectivity index is 1.87. The summed E-state index contributed by atoms with van der Waals surface area (Å²) in [6.45, 7) is 8.42. The fourth-order valence-electron chi connectivity index (χ4n) is 2.42. The summed E-state index contributed by atoms with van der Waals surface area (Å²) in [5.41, 5.74) is -0.0122. The Hall–Kier alpha value is -2.77. The van der Waals surface area contributed by atoms with Crippen LogP contribution in [0.2, 0.25) is 0 Å². The van der Waals surface area contributed by atoms with Crippen LogP contribution in [-0.2, 0) is 9.53 Å². The van der Waals surface area contributed by atoms with Crippen molar-refractivity contribution >= 4 is 23.8 Å². The topological polar surface area (TPSA) is 88.2 Å². The first kappa shape index (κ1) is 19.6. The Bertz CT molecular complexity index is 676. The molecule has 0 aliphatic carbocycles. The minimum Gasteiger partial charge on any atom is -0.444 e. The second-order valence-electron chi connectivity index (χ2n) is 7.01. The second kappa shape index (κ2) is 8.07. The van der Waals surface area contributed by atoms with Gasteiger partial charge in [0.25, 0.3) is 0 Å². The van der Waals surface area contributed by atoms with Crippen molar-refractivity contribution in [1.29, 1.82) is 0 Å². The zero-order valence-electron chi connectivity index (χ0n) is 15.6. The van der Waals surface area contributed by atoms with Gasteiger partial charge in [-0.1, -0.05) is 6.07 Å². The standard InChI is InChI=1S/C18H25N3O5/c1-13(22)25-15-7-5-6-14(12-15)19-16(23)20-8-10-21(11-9-20)17(24)26-18(2,3)4/h5-7,12H,8-11H2,1-4H3,(H,19,23). The zero-order chi connectivity index (χ0) is 19.3. The molecule has 0 saturated carbocycles. The maximum absolute atomic E-state index is 12.4. The van der Waals surface area contributed by atoms with Gasteiger partial charge in [0.05, 0.1) is 0 Å². The summed E-state index contributed by atoms with van der Waals surface area (Å²) in [4.78, 5) is 38.7. The van der Waals surface area contributed by atoms with E-state index in [-0.39, 0.29) is 12.1 Å². The van der Waals surface area contributed by atoms with E-state index in [9.17, 15) is 14.4 Å². The van der Waals surface area contributed by atoms with Gasteiger partial charge in [-0.05, 0) is 32.9 Å². The molecule has 0 atom stereocenters. The van der Waals surface area contributed by atoms with Crippen LogP contribution >= 0.6 is 0 Å². The SMILES string of the molecule is CC(=O)Oc1cccc(NC(=O)N2CCN(C(=O)OC(C)(C)C)CC2)c1. The van der Waals surface area contributed by atoms with Gasteiger partial charge in [-0.2, -0.15) is 0 Å². The van der Waals surface area contributed by atoms with Gasteiger partial charge in [-0.3, -0.25) is 4.79 Å². The number of carbonyl (C=O) groups is 3. The lowest BCUT2D eigenvalue weighted by atomic mass is 10.2. The fourth-order valence-corrected chi connectivity index (χ4v) is 2.42. The first-order valence-corrected chi connectivity index (χ1v) is 8.46. The highest BCUT2D eigenvalue weighted by Crippen LogP contribution is 2.18. The number of urea groups is 1. The highest BCUT2D eigenvalue weighted by atomic mass is 16.6.